The van der Waals surface area contributed by atoms with E-state index in [4.69, 9.17) is 0 Å². The molecule has 0 unspecified atom stereocenters. The average molecular weight is 490 g/mol. The van der Waals surface area contributed by atoms with Gasteiger partial charge in [0.05, 0.1) is 11.9 Å². The Morgan fingerprint density at radius 1 is 0.944 bits per heavy atom. The fourth-order valence-corrected chi connectivity index (χ4v) is 5.04. The summed E-state index contributed by atoms with van der Waals surface area (Å²) in [7, 11) is 2.15. The van der Waals surface area contributed by atoms with Crippen LogP contribution in [0.15, 0.2) is 61.1 Å². The van der Waals surface area contributed by atoms with Crippen molar-refractivity contribution in [2.75, 3.05) is 59.4 Å². The zero-order valence-electron chi connectivity index (χ0n) is 20.9. The molecular weight excluding hydrogens is 454 g/mol. The Hall–Kier alpha value is -3.43. The highest BCUT2D eigenvalue weighted by molar-refractivity contribution is 5.97. The van der Waals surface area contributed by atoms with Crippen molar-refractivity contribution in [1.82, 2.24) is 34.4 Å². The largest absolute Gasteiger partial charge is 0.355 e. The Kier molecular flexibility index (Phi) is 7.48. The number of likely N-dealkylation sites (N-methyl/N-ethyl adjacent to an activating group) is 1. The molecule has 0 saturated carbocycles. The van der Waals surface area contributed by atoms with Gasteiger partial charge in [-0.3, -0.25) is 14.5 Å². The van der Waals surface area contributed by atoms with Crippen LogP contribution in [0.5, 0.6) is 0 Å². The number of piperazine rings is 1. The summed E-state index contributed by atoms with van der Waals surface area (Å²) in [5, 5.41) is 7.68. The Morgan fingerprint density at radius 3 is 2.33 bits per heavy atom. The van der Waals surface area contributed by atoms with E-state index in [1.807, 2.05) is 64.3 Å². The molecule has 0 atom stereocenters. The molecule has 3 aromatic rings. The minimum atomic E-state index is -0.0465. The van der Waals surface area contributed by atoms with Crippen molar-refractivity contribution in [3.8, 4) is 11.5 Å². The standard InChI is InChI=1S/C27H35N7O2/c1-30-17-19-31(20-18-30)16-11-28-25(35)22-9-14-33(15-10-22)27(36)24-21-29-34(23-7-3-2-4-8-23)26(24)32-12-5-6-13-32/h2-8,12-13,21-22H,9-11,14-20H2,1H3,(H,28,35). The van der Waals surface area contributed by atoms with E-state index in [0.29, 0.717) is 38.0 Å². The molecule has 4 heterocycles. The summed E-state index contributed by atoms with van der Waals surface area (Å²) >= 11 is 0. The van der Waals surface area contributed by atoms with Gasteiger partial charge in [0.2, 0.25) is 5.91 Å². The van der Waals surface area contributed by atoms with Crippen molar-refractivity contribution in [2.24, 2.45) is 5.92 Å². The Labute approximate surface area is 212 Å². The lowest BCUT2D eigenvalue weighted by Crippen LogP contribution is -2.48. The molecule has 190 valence electrons. The van der Waals surface area contributed by atoms with E-state index in [0.717, 1.165) is 44.2 Å². The number of piperidine rings is 1. The quantitative estimate of drug-likeness (QED) is 0.548. The highest BCUT2D eigenvalue weighted by atomic mass is 16.2. The monoisotopic (exact) mass is 489 g/mol. The van der Waals surface area contributed by atoms with Crippen LogP contribution in [0.3, 0.4) is 0 Å². The van der Waals surface area contributed by atoms with Gasteiger partial charge in [-0.25, -0.2) is 4.68 Å². The van der Waals surface area contributed by atoms with Crippen molar-refractivity contribution in [3.05, 3.63) is 66.6 Å². The van der Waals surface area contributed by atoms with E-state index >= 15 is 0 Å². The zero-order chi connectivity index (χ0) is 24.9. The third kappa shape index (κ3) is 5.37. The molecule has 0 bridgehead atoms. The molecule has 2 saturated heterocycles. The number of para-hydroxylation sites is 1. The Bertz CT molecular complexity index is 1140. The number of hydrogen-bond donors (Lipinski definition) is 1. The molecule has 2 fully saturated rings. The lowest BCUT2D eigenvalue weighted by molar-refractivity contribution is -0.126. The topological polar surface area (TPSA) is 78.6 Å². The predicted molar refractivity (Wildman–Crippen MR) is 138 cm³/mol. The smallest absolute Gasteiger partial charge is 0.259 e. The molecule has 2 aliphatic heterocycles. The molecule has 1 N–H and O–H groups in total. The number of carbonyl (C=O) groups is 2. The van der Waals surface area contributed by atoms with Gasteiger partial charge >= 0.3 is 0 Å². The van der Waals surface area contributed by atoms with E-state index < -0.39 is 0 Å². The van der Waals surface area contributed by atoms with Crippen molar-refractivity contribution in [3.63, 3.8) is 0 Å². The average Bonchev–Trinajstić information content (AvgIpc) is 3.60. The first-order valence-electron chi connectivity index (χ1n) is 12.8. The maximum Gasteiger partial charge on any atom is 0.259 e. The van der Waals surface area contributed by atoms with Crippen LogP contribution in [0.25, 0.3) is 11.5 Å². The molecule has 0 spiro atoms. The molecular formula is C27H35N7O2. The summed E-state index contributed by atoms with van der Waals surface area (Å²) in [5.74, 6) is 0.744. The van der Waals surface area contributed by atoms with Gasteiger partial charge in [0.1, 0.15) is 5.56 Å². The van der Waals surface area contributed by atoms with E-state index in [9.17, 15) is 9.59 Å². The van der Waals surface area contributed by atoms with Gasteiger partial charge in [-0.15, -0.1) is 0 Å². The minimum Gasteiger partial charge on any atom is -0.355 e. The van der Waals surface area contributed by atoms with Gasteiger partial charge in [-0.1, -0.05) is 18.2 Å². The van der Waals surface area contributed by atoms with Crippen LogP contribution < -0.4 is 5.32 Å². The number of carbonyl (C=O) groups excluding carboxylic acids is 2. The normalized spacial score (nSPS) is 17.9. The number of nitrogens with one attached hydrogen (secondary N) is 1. The van der Waals surface area contributed by atoms with Crippen molar-refractivity contribution < 1.29 is 9.59 Å². The third-order valence-corrected chi connectivity index (χ3v) is 7.30. The number of amides is 2. The van der Waals surface area contributed by atoms with Gasteiger partial charge in [-0.05, 0) is 44.2 Å². The first-order valence-corrected chi connectivity index (χ1v) is 12.8. The van der Waals surface area contributed by atoms with Crippen LogP contribution in [0, 0.1) is 5.92 Å². The molecule has 0 aliphatic carbocycles. The SMILES string of the molecule is CN1CCN(CCNC(=O)C2CCN(C(=O)c3cnn(-c4ccccc4)c3-n3cccc3)CC2)CC1. The molecule has 1 aromatic carbocycles. The van der Waals surface area contributed by atoms with Crippen molar-refractivity contribution in [1.29, 1.82) is 0 Å². The van der Waals surface area contributed by atoms with E-state index in [2.05, 4.69) is 27.3 Å². The van der Waals surface area contributed by atoms with Gasteiger partial charge in [0, 0.05) is 70.7 Å². The maximum atomic E-state index is 13.6. The van der Waals surface area contributed by atoms with E-state index in [-0.39, 0.29) is 17.7 Å². The molecule has 9 nitrogen and oxygen atoms in total. The number of aromatic nitrogens is 3. The fourth-order valence-electron chi connectivity index (χ4n) is 5.04. The number of nitrogens with zero attached hydrogens (tertiary/aromatic N) is 6. The summed E-state index contributed by atoms with van der Waals surface area (Å²) in [4.78, 5) is 32.9. The second kappa shape index (κ2) is 11.1. The maximum absolute atomic E-state index is 13.6. The molecule has 9 heteroatoms. The number of hydrogen-bond acceptors (Lipinski definition) is 5. The lowest BCUT2D eigenvalue weighted by Gasteiger charge is -2.33. The molecule has 36 heavy (non-hydrogen) atoms. The number of rotatable bonds is 7. The predicted octanol–water partition coefficient (Wildman–Crippen LogP) is 1.88. The van der Waals surface area contributed by atoms with Gasteiger partial charge in [0.25, 0.3) is 5.91 Å². The first-order chi connectivity index (χ1) is 17.6. The van der Waals surface area contributed by atoms with Crippen LogP contribution in [-0.2, 0) is 4.79 Å². The van der Waals surface area contributed by atoms with Crippen molar-refractivity contribution in [2.45, 2.75) is 12.8 Å². The fraction of sp³-hybridized carbons (Fsp3) is 0.444. The molecule has 2 aliphatic rings. The highest BCUT2D eigenvalue weighted by Gasteiger charge is 2.30. The first kappa shape index (κ1) is 24.3. The summed E-state index contributed by atoms with van der Waals surface area (Å²) in [6.07, 6.45) is 6.86. The molecule has 2 aromatic heterocycles. The van der Waals surface area contributed by atoms with Gasteiger partial charge in [-0.2, -0.15) is 5.10 Å². The van der Waals surface area contributed by atoms with Crippen molar-refractivity contribution >= 4 is 11.8 Å². The van der Waals surface area contributed by atoms with E-state index in [1.54, 1.807) is 10.9 Å². The Morgan fingerprint density at radius 2 is 1.64 bits per heavy atom. The van der Waals surface area contributed by atoms with Crippen LogP contribution in [0.1, 0.15) is 23.2 Å². The summed E-state index contributed by atoms with van der Waals surface area (Å²) < 4.78 is 3.72. The number of likely N-dealkylation sites (tertiary alicyclic amines) is 1. The minimum absolute atomic E-state index is 0.0440. The summed E-state index contributed by atoms with van der Waals surface area (Å²) in [6, 6.07) is 13.7. The lowest BCUT2D eigenvalue weighted by atomic mass is 9.95. The van der Waals surface area contributed by atoms with E-state index in [1.165, 1.54) is 0 Å². The van der Waals surface area contributed by atoms with Crippen LogP contribution in [0.2, 0.25) is 0 Å². The molecule has 0 radical (unpaired) electrons. The summed E-state index contributed by atoms with van der Waals surface area (Å²) in [5.41, 5.74) is 1.46. The highest BCUT2D eigenvalue weighted by Crippen LogP contribution is 2.24. The van der Waals surface area contributed by atoms with Gasteiger partial charge in [0.15, 0.2) is 5.82 Å². The second-order valence-corrected chi connectivity index (χ2v) is 9.72. The molecule has 2 amide bonds. The second-order valence-electron chi connectivity index (χ2n) is 9.72. The molecule has 5 rings (SSSR count). The van der Waals surface area contributed by atoms with Crippen LogP contribution in [0.4, 0.5) is 0 Å². The van der Waals surface area contributed by atoms with Gasteiger partial charge < -0.3 is 19.7 Å². The number of benzene rings is 1. The zero-order valence-corrected chi connectivity index (χ0v) is 20.9. The van der Waals surface area contributed by atoms with Crippen LogP contribution in [-0.4, -0.2) is 100 Å². The Balaban J connectivity index is 1.19. The third-order valence-electron chi connectivity index (χ3n) is 7.30. The summed E-state index contributed by atoms with van der Waals surface area (Å²) in [6.45, 7) is 6.98. The van der Waals surface area contributed by atoms with Crippen LogP contribution >= 0.6 is 0 Å².